The standard InChI is InChI=1S/C78H108N16O17S/c1-43(2)63-73(106)82-44(3)66(99)90-65(49(8)96)75(108)91-64(48(7)95)74(107)87-58(38-51-25-16-12-17-26-51)78(111)93(10)47(6)68(101)86-57(39-52-31-33-54(34-32-52)53-27-18-13-19-28-53)77(110)92(9)46(5)67(100)85-55(29-20-21-35-79)70(103)83-45(4)76(109)94-36-22-30-60(94)72(105)88-59(69(102)81-40-61(80)97)41-112-42-62(98)84-56(71(104)89-63)37-50-23-14-11-15-24-50/h11-19,23-28,31-34,43-49,55-60,63-65,95-96H,20-22,29-30,35-42,79H2,1-10H3,(H2,80,97)(H,81,102)(H,82,106)(H,83,103)(H,84,98)(H,85,100)(H,86,101)(H,87,107)(H,88,105)(H,89,104)(H,90,99)(H,91,108)/t44-,45-,46-,47-,48+,49+,55-,56-,57-,58-,59-,60-,63?,64-,65-/m0/s1. The maximum atomic E-state index is 15.0. The highest BCUT2D eigenvalue weighted by atomic mass is 32.2. The number of likely N-dealkylation sites (N-methyl/N-ethyl adjacent to an activating group) is 2. The van der Waals surface area contributed by atoms with E-state index in [0.717, 1.165) is 46.5 Å². The van der Waals surface area contributed by atoms with Gasteiger partial charge in [0, 0.05) is 45.7 Å². The van der Waals surface area contributed by atoms with Crippen LogP contribution in [0, 0.1) is 5.92 Å². The number of rotatable bonds is 17. The van der Waals surface area contributed by atoms with Crippen molar-refractivity contribution < 1.29 is 82.1 Å². The number of aliphatic hydroxyl groups excluding tert-OH is 2. The number of thioether (sulfide) groups is 1. The van der Waals surface area contributed by atoms with Gasteiger partial charge in [0.1, 0.15) is 78.5 Å². The molecule has 4 aromatic carbocycles. The number of benzene rings is 4. The second-order valence-corrected chi connectivity index (χ2v) is 29.6. The summed E-state index contributed by atoms with van der Waals surface area (Å²) in [7, 11) is 2.60. The van der Waals surface area contributed by atoms with E-state index in [1.165, 1.54) is 46.7 Å². The van der Waals surface area contributed by atoms with E-state index in [2.05, 4.69) is 58.5 Å². The molecule has 0 spiro atoms. The van der Waals surface area contributed by atoms with Crippen molar-refractivity contribution in [1.29, 1.82) is 0 Å². The minimum absolute atomic E-state index is 0.0101. The van der Waals surface area contributed by atoms with Crippen LogP contribution >= 0.6 is 11.8 Å². The molecule has 2 fully saturated rings. The zero-order valence-electron chi connectivity index (χ0n) is 64.8. The highest BCUT2D eigenvalue weighted by Crippen LogP contribution is 2.23. The van der Waals surface area contributed by atoms with E-state index in [9.17, 15) is 77.3 Å². The molecule has 2 saturated heterocycles. The Morgan fingerprint density at radius 1 is 0.491 bits per heavy atom. The number of fused-ring (bicyclic) bond motifs is 1. The van der Waals surface area contributed by atoms with E-state index in [-0.39, 0.29) is 50.9 Å². The highest BCUT2D eigenvalue weighted by Gasteiger charge is 2.42. The quantitative estimate of drug-likeness (QED) is 0.0501. The van der Waals surface area contributed by atoms with Crippen LogP contribution in [-0.4, -0.2) is 250 Å². The van der Waals surface area contributed by atoms with Gasteiger partial charge in [-0.3, -0.25) is 71.9 Å². The number of hydrogen-bond donors (Lipinski definition) is 15. The first-order chi connectivity index (χ1) is 53.1. The zero-order chi connectivity index (χ0) is 82.6. The number of hydrogen-bond acceptors (Lipinski definition) is 19. The lowest BCUT2D eigenvalue weighted by Gasteiger charge is -2.33. The summed E-state index contributed by atoms with van der Waals surface area (Å²) in [6.45, 7) is 10.5. The van der Waals surface area contributed by atoms with Crippen molar-refractivity contribution in [3.05, 3.63) is 132 Å². The van der Waals surface area contributed by atoms with Crippen LogP contribution in [0.5, 0.6) is 0 Å². The third kappa shape index (κ3) is 26.7. The molecule has 2 aliphatic heterocycles. The Labute approximate surface area is 655 Å². The van der Waals surface area contributed by atoms with E-state index < -0.39 is 198 Å². The summed E-state index contributed by atoms with van der Waals surface area (Å²) in [4.78, 5) is 216. The molecule has 15 amide bonds. The van der Waals surface area contributed by atoms with Crippen LogP contribution < -0.4 is 70.0 Å². The first-order valence-electron chi connectivity index (χ1n) is 37.4. The molecule has 33 nitrogen and oxygen atoms in total. The number of carbonyl (C=O) groups excluding carboxylic acids is 15. The normalized spacial score (nSPS) is 25.6. The molecule has 34 heteroatoms. The molecule has 2 heterocycles. The van der Waals surface area contributed by atoms with Crippen molar-refractivity contribution >= 4 is 100 Å². The Morgan fingerprint density at radius 2 is 0.938 bits per heavy atom. The minimum Gasteiger partial charge on any atom is -0.391 e. The van der Waals surface area contributed by atoms with Crippen LogP contribution in [0.3, 0.4) is 0 Å². The van der Waals surface area contributed by atoms with Crippen molar-refractivity contribution in [3.63, 3.8) is 0 Å². The summed E-state index contributed by atoms with van der Waals surface area (Å²) in [6, 6.07) is 14.5. The van der Waals surface area contributed by atoms with Crippen LogP contribution in [0.1, 0.15) is 104 Å². The topological polar surface area (TPSA) is 491 Å². The Hall–Kier alpha value is -10.8. The molecule has 17 N–H and O–H groups in total. The van der Waals surface area contributed by atoms with Crippen LogP contribution in [-0.2, 0) is 91.2 Å². The Kier molecular flexibility index (Phi) is 35.1. The second kappa shape index (κ2) is 43.7. The van der Waals surface area contributed by atoms with Crippen molar-refractivity contribution in [2.75, 3.05) is 45.2 Å². The van der Waals surface area contributed by atoms with Gasteiger partial charge in [-0.1, -0.05) is 129 Å². The Balaban J connectivity index is 1.36. The van der Waals surface area contributed by atoms with E-state index in [4.69, 9.17) is 11.5 Å². The molecule has 112 heavy (non-hydrogen) atoms. The fourth-order valence-corrected chi connectivity index (χ4v) is 13.4. The molecule has 0 aliphatic carbocycles. The summed E-state index contributed by atoms with van der Waals surface area (Å²) in [5.74, 6) is -14.7. The van der Waals surface area contributed by atoms with E-state index in [0.29, 0.717) is 36.0 Å². The summed E-state index contributed by atoms with van der Waals surface area (Å²) in [6.07, 6.45) is -2.72. The molecule has 6 rings (SSSR count). The molecule has 0 bridgehead atoms. The predicted octanol–water partition coefficient (Wildman–Crippen LogP) is -2.15. The molecule has 0 radical (unpaired) electrons. The van der Waals surface area contributed by atoms with Crippen LogP contribution in [0.15, 0.2) is 115 Å². The van der Waals surface area contributed by atoms with Gasteiger partial charge in [0.05, 0.1) is 24.5 Å². The van der Waals surface area contributed by atoms with E-state index in [1.807, 2.05) is 42.5 Å². The van der Waals surface area contributed by atoms with Crippen LogP contribution in [0.4, 0.5) is 0 Å². The summed E-state index contributed by atoms with van der Waals surface area (Å²) >= 11 is 0.848. The van der Waals surface area contributed by atoms with Crippen molar-refractivity contribution in [2.45, 2.75) is 198 Å². The lowest BCUT2D eigenvalue weighted by atomic mass is 9.99. The molecule has 0 aromatic heterocycles. The van der Waals surface area contributed by atoms with Crippen molar-refractivity contribution in [2.24, 2.45) is 17.4 Å². The number of unbranched alkanes of at least 4 members (excludes halogenated alkanes) is 1. The lowest BCUT2D eigenvalue weighted by Crippen LogP contribution is -2.63. The smallest absolute Gasteiger partial charge is 0.245 e. The summed E-state index contributed by atoms with van der Waals surface area (Å²) in [5.41, 5.74) is 14.6. The largest absolute Gasteiger partial charge is 0.391 e. The Bertz CT molecular complexity index is 3940. The van der Waals surface area contributed by atoms with Gasteiger partial charge >= 0.3 is 0 Å². The van der Waals surface area contributed by atoms with Gasteiger partial charge < -0.3 is 94.9 Å². The van der Waals surface area contributed by atoms with Gasteiger partial charge in [0.15, 0.2) is 0 Å². The van der Waals surface area contributed by atoms with E-state index in [1.54, 1.807) is 86.6 Å². The first kappa shape index (κ1) is 90.0. The van der Waals surface area contributed by atoms with Gasteiger partial charge in [-0.05, 0) is 114 Å². The summed E-state index contributed by atoms with van der Waals surface area (Å²) < 4.78 is 0. The fraction of sp³-hybridized carbons (Fsp3) is 0.500. The highest BCUT2D eigenvalue weighted by molar-refractivity contribution is 8.00. The number of aliphatic hydroxyl groups is 2. The van der Waals surface area contributed by atoms with Gasteiger partial charge in [0.25, 0.3) is 0 Å². The van der Waals surface area contributed by atoms with Crippen molar-refractivity contribution in [3.8, 4) is 11.1 Å². The minimum atomic E-state index is -1.88. The second-order valence-electron chi connectivity index (χ2n) is 28.6. The van der Waals surface area contributed by atoms with Crippen molar-refractivity contribution in [1.82, 2.24) is 73.2 Å². The predicted molar refractivity (Wildman–Crippen MR) is 416 cm³/mol. The number of amides is 15. The van der Waals surface area contributed by atoms with Crippen LogP contribution in [0.25, 0.3) is 11.1 Å². The fourth-order valence-electron chi connectivity index (χ4n) is 12.5. The van der Waals surface area contributed by atoms with Crippen LogP contribution in [0.2, 0.25) is 0 Å². The number of primary amides is 1. The molecule has 4 aromatic rings. The molecular weight excluding hydrogens is 1470 g/mol. The van der Waals surface area contributed by atoms with E-state index >= 15 is 4.79 Å². The summed E-state index contributed by atoms with van der Waals surface area (Å²) in [5, 5.41) is 50.4. The number of carbonyl (C=O) groups is 15. The zero-order valence-corrected chi connectivity index (χ0v) is 65.6. The number of nitrogens with zero attached hydrogens (tertiary/aromatic N) is 3. The average Bonchev–Trinajstić information content (AvgIpc) is 1.45. The average molecular weight is 1570 g/mol. The van der Waals surface area contributed by atoms with Gasteiger partial charge in [0.2, 0.25) is 88.6 Å². The van der Waals surface area contributed by atoms with Gasteiger partial charge in [-0.15, -0.1) is 11.8 Å². The lowest BCUT2D eigenvalue weighted by molar-refractivity contribution is -0.145. The molecule has 2 aliphatic rings. The first-order valence-corrected chi connectivity index (χ1v) is 38.5. The third-order valence-corrected chi connectivity index (χ3v) is 20.5. The molecule has 15 atom stereocenters. The third-order valence-electron chi connectivity index (χ3n) is 19.4. The molecule has 608 valence electrons. The SMILES string of the molecule is CC(C)C1NC(=O)[C@H](Cc2ccccc2)NC(=O)CSC[C@@H](C(=O)NCC(N)=O)NC(=O)[C@@H]2CCCN2C(=O)[C@H](C)NC(=O)[C@H](CCCCN)NC(=O)[C@H](C)N(C)C(=O)[C@H](Cc2ccc(-c3ccccc3)cc2)NC(=O)[C@H](C)N(C)C(=O)[C@H](Cc2ccccc2)NC(=O)[C@H]([C@@H](C)O)NC(=O)[C@H]([C@@H](C)O)NC(=O)[C@H](C)NC1=O. The van der Waals surface area contributed by atoms with Gasteiger partial charge in [-0.25, -0.2) is 0 Å². The maximum Gasteiger partial charge on any atom is 0.245 e. The maximum absolute atomic E-state index is 15.0. The molecule has 0 saturated carbocycles. The number of nitrogens with two attached hydrogens (primary N) is 2. The van der Waals surface area contributed by atoms with Gasteiger partial charge in [-0.2, -0.15) is 0 Å². The monoisotopic (exact) mass is 1570 g/mol. The molecule has 1 unspecified atom stereocenters. The Morgan fingerprint density at radius 3 is 1.46 bits per heavy atom. The number of nitrogens with one attached hydrogen (secondary N) is 11. The molecular formula is C78H108N16O17S.